The molecule has 0 aliphatic heterocycles. The fourth-order valence-corrected chi connectivity index (χ4v) is 3.52. The number of carbonyl (C=O) groups excluding carboxylic acids is 2. The fraction of sp³-hybridized carbons (Fsp3) is 0.238. The lowest BCUT2D eigenvalue weighted by molar-refractivity contribution is -0.132. The van der Waals surface area contributed by atoms with Gasteiger partial charge < -0.3 is 10.2 Å². The molecule has 0 spiro atoms. The van der Waals surface area contributed by atoms with E-state index in [1.807, 2.05) is 19.1 Å². The van der Waals surface area contributed by atoms with E-state index in [-0.39, 0.29) is 30.3 Å². The molecule has 0 aliphatic carbocycles. The second-order valence-corrected chi connectivity index (χ2v) is 7.77. The van der Waals surface area contributed by atoms with Crippen molar-refractivity contribution in [3.63, 3.8) is 0 Å². The van der Waals surface area contributed by atoms with Gasteiger partial charge in [0.15, 0.2) is 0 Å². The number of carbonyl (C=O) groups is 2. The van der Waals surface area contributed by atoms with Crippen LogP contribution in [-0.2, 0) is 23.1 Å². The summed E-state index contributed by atoms with van der Waals surface area (Å²) in [6, 6.07) is 12.6. The number of hydrogen-bond acceptors (Lipinski definition) is 4. The van der Waals surface area contributed by atoms with Crippen LogP contribution in [0.4, 0.5) is 5.69 Å². The highest BCUT2D eigenvalue weighted by Gasteiger charge is 2.17. The number of amides is 2. The average Bonchev–Trinajstić information content (AvgIpc) is 2.68. The van der Waals surface area contributed by atoms with E-state index in [0.717, 1.165) is 10.0 Å². The van der Waals surface area contributed by atoms with Gasteiger partial charge in [0, 0.05) is 29.6 Å². The smallest absolute Gasteiger partial charge is 0.274 e. The van der Waals surface area contributed by atoms with Gasteiger partial charge in [-0.3, -0.25) is 14.4 Å². The summed E-state index contributed by atoms with van der Waals surface area (Å²) in [7, 11) is 3.13. The van der Waals surface area contributed by atoms with E-state index in [9.17, 15) is 14.4 Å². The van der Waals surface area contributed by atoms with Gasteiger partial charge in [-0.15, -0.1) is 0 Å². The number of halogens is 1. The summed E-state index contributed by atoms with van der Waals surface area (Å²) in [6.45, 7) is 1.81. The van der Waals surface area contributed by atoms with Crippen LogP contribution in [0.3, 0.4) is 0 Å². The normalized spacial score (nSPS) is 10.8. The van der Waals surface area contributed by atoms with Gasteiger partial charge >= 0.3 is 0 Å². The van der Waals surface area contributed by atoms with Crippen molar-refractivity contribution in [2.75, 3.05) is 18.9 Å². The molecule has 2 amide bonds. The lowest BCUT2D eigenvalue weighted by Crippen LogP contribution is -2.36. The van der Waals surface area contributed by atoms with Crippen LogP contribution < -0.4 is 10.9 Å². The molecule has 150 valence electrons. The van der Waals surface area contributed by atoms with Crippen LogP contribution in [0.25, 0.3) is 10.8 Å². The molecular formula is C21H21BrN4O3. The van der Waals surface area contributed by atoms with E-state index in [1.165, 1.54) is 9.58 Å². The topological polar surface area (TPSA) is 84.3 Å². The fourth-order valence-electron chi connectivity index (χ4n) is 3.05. The van der Waals surface area contributed by atoms with Gasteiger partial charge in [-0.1, -0.05) is 34.1 Å². The van der Waals surface area contributed by atoms with E-state index in [2.05, 4.69) is 26.3 Å². The minimum Gasteiger partial charge on any atom is -0.336 e. The molecule has 2 aromatic carbocycles. The number of likely N-dealkylation sites (N-methyl/N-ethyl adjacent to an activating group) is 1. The van der Waals surface area contributed by atoms with Gasteiger partial charge in [0.25, 0.3) is 5.56 Å². The molecule has 0 aliphatic rings. The molecule has 0 radical (unpaired) electrons. The Morgan fingerprint density at radius 3 is 2.55 bits per heavy atom. The lowest BCUT2D eigenvalue weighted by Gasteiger charge is -2.18. The second-order valence-electron chi connectivity index (χ2n) is 6.86. The Balaban J connectivity index is 1.71. The first-order valence-electron chi connectivity index (χ1n) is 9.01. The minimum atomic E-state index is -0.287. The predicted molar refractivity (Wildman–Crippen MR) is 116 cm³/mol. The molecule has 0 saturated carbocycles. The molecule has 29 heavy (non-hydrogen) atoms. The Labute approximate surface area is 176 Å². The summed E-state index contributed by atoms with van der Waals surface area (Å²) in [5.74, 6) is -0.548. The van der Waals surface area contributed by atoms with Crippen LogP contribution in [0.1, 0.15) is 11.3 Å². The standard InChI is InChI=1S/C21H21BrN4O3/c1-13-10-14(22)8-9-17(13)23-19(27)12-25(2)20(28)11-18-15-6-4-5-7-16(15)21(29)26(3)24-18/h4-10H,11-12H2,1-3H3,(H,23,27). The first-order chi connectivity index (χ1) is 13.8. The molecular weight excluding hydrogens is 436 g/mol. The van der Waals surface area contributed by atoms with Crippen LogP contribution >= 0.6 is 15.9 Å². The van der Waals surface area contributed by atoms with Gasteiger partial charge in [-0.2, -0.15) is 5.10 Å². The van der Waals surface area contributed by atoms with Crippen molar-refractivity contribution in [1.29, 1.82) is 0 Å². The maximum atomic E-state index is 12.7. The number of hydrogen-bond donors (Lipinski definition) is 1. The van der Waals surface area contributed by atoms with Gasteiger partial charge in [0.05, 0.1) is 24.0 Å². The number of aryl methyl sites for hydroxylation is 2. The largest absolute Gasteiger partial charge is 0.336 e. The van der Waals surface area contributed by atoms with Gasteiger partial charge in [-0.05, 0) is 36.8 Å². The number of nitrogens with zero attached hydrogens (tertiary/aromatic N) is 3. The molecule has 0 fully saturated rings. The zero-order valence-corrected chi connectivity index (χ0v) is 18.0. The van der Waals surface area contributed by atoms with Crippen molar-refractivity contribution in [1.82, 2.24) is 14.7 Å². The monoisotopic (exact) mass is 456 g/mol. The third-order valence-corrected chi connectivity index (χ3v) is 5.11. The Morgan fingerprint density at radius 1 is 1.17 bits per heavy atom. The van der Waals surface area contributed by atoms with Crippen molar-refractivity contribution in [3.8, 4) is 0 Å². The van der Waals surface area contributed by atoms with Crippen LogP contribution in [0, 0.1) is 6.92 Å². The van der Waals surface area contributed by atoms with Crippen LogP contribution in [-0.4, -0.2) is 40.1 Å². The Hall–Kier alpha value is -3.00. The van der Waals surface area contributed by atoms with E-state index in [1.54, 1.807) is 44.4 Å². The molecule has 7 nitrogen and oxygen atoms in total. The molecule has 0 bridgehead atoms. The second kappa shape index (κ2) is 8.57. The molecule has 0 saturated heterocycles. The zero-order chi connectivity index (χ0) is 21.1. The quantitative estimate of drug-likeness (QED) is 0.639. The minimum absolute atomic E-state index is 0.00424. The van der Waals surface area contributed by atoms with Crippen LogP contribution in [0.15, 0.2) is 51.7 Å². The molecule has 1 heterocycles. The molecule has 0 unspecified atom stereocenters. The molecule has 0 atom stereocenters. The first-order valence-corrected chi connectivity index (χ1v) is 9.80. The number of benzene rings is 2. The van der Waals surface area contributed by atoms with E-state index < -0.39 is 0 Å². The Bertz CT molecular complexity index is 1160. The van der Waals surface area contributed by atoms with E-state index in [0.29, 0.717) is 22.2 Å². The maximum absolute atomic E-state index is 12.7. The summed E-state index contributed by atoms with van der Waals surface area (Å²) >= 11 is 3.39. The summed E-state index contributed by atoms with van der Waals surface area (Å²) in [5, 5.41) is 8.22. The number of nitrogens with one attached hydrogen (secondary N) is 1. The highest BCUT2D eigenvalue weighted by Crippen LogP contribution is 2.20. The van der Waals surface area contributed by atoms with E-state index >= 15 is 0 Å². The summed E-state index contributed by atoms with van der Waals surface area (Å²) in [4.78, 5) is 38.6. The molecule has 3 rings (SSSR count). The molecule has 3 aromatic rings. The Kier molecular flexibility index (Phi) is 6.12. The highest BCUT2D eigenvalue weighted by molar-refractivity contribution is 9.10. The molecule has 1 aromatic heterocycles. The summed E-state index contributed by atoms with van der Waals surface area (Å²) < 4.78 is 2.16. The van der Waals surface area contributed by atoms with Crippen molar-refractivity contribution in [3.05, 3.63) is 68.5 Å². The summed E-state index contributed by atoms with van der Waals surface area (Å²) in [6.07, 6.45) is -0.00424. The van der Waals surface area contributed by atoms with Gasteiger partial charge in [0.1, 0.15) is 0 Å². The van der Waals surface area contributed by atoms with Crippen molar-refractivity contribution in [2.45, 2.75) is 13.3 Å². The third-order valence-electron chi connectivity index (χ3n) is 4.62. The highest BCUT2D eigenvalue weighted by atomic mass is 79.9. The van der Waals surface area contributed by atoms with Crippen LogP contribution in [0.2, 0.25) is 0 Å². The maximum Gasteiger partial charge on any atom is 0.274 e. The van der Waals surface area contributed by atoms with Gasteiger partial charge in [-0.25, -0.2) is 4.68 Å². The Morgan fingerprint density at radius 2 is 1.86 bits per heavy atom. The number of aromatic nitrogens is 2. The third kappa shape index (κ3) is 4.71. The van der Waals surface area contributed by atoms with Crippen LogP contribution in [0.5, 0.6) is 0 Å². The van der Waals surface area contributed by atoms with Gasteiger partial charge in [0.2, 0.25) is 11.8 Å². The summed E-state index contributed by atoms with van der Waals surface area (Å²) in [5.41, 5.74) is 1.91. The number of fused-ring (bicyclic) bond motifs is 1. The van der Waals surface area contributed by atoms with Crippen molar-refractivity contribution in [2.24, 2.45) is 7.05 Å². The first kappa shape index (κ1) is 20.7. The zero-order valence-electron chi connectivity index (χ0n) is 16.4. The molecule has 1 N–H and O–H groups in total. The number of rotatable bonds is 5. The average molecular weight is 457 g/mol. The number of anilines is 1. The van der Waals surface area contributed by atoms with E-state index in [4.69, 9.17) is 0 Å². The lowest BCUT2D eigenvalue weighted by atomic mass is 10.1. The van der Waals surface area contributed by atoms with Crippen molar-refractivity contribution >= 4 is 44.2 Å². The van der Waals surface area contributed by atoms with Crippen molar-refractivity contribution < 1.29 is 9.59 Å². The predicted octanol–water partition coefficient (Wildman–Crippen LogP) is 2.64. The SMILES string of the molecule is Cc1cc(Br)ccc1NC(=O)CN(C)C(=O)Cc1nn(C)c(=O)c2ccccc12. The molecule has 8 heteroatoms.